The predicted molar refractivity (Wildman–Crippen MR) is 169 cm³/mol. The normalized spacial score (nSPS) is 11.3. The van der Waals surface area contributed by atoms with Crippen molar-refractivity contribution in [3.8, 4) is 12.3 Å². The number of benzene rings is 2. The van der Waals surface area contributed by atoms with Crippen molar-refractivity contribution in [3.63, 3.8) is 0 Å². The van der Waals surface area contributed by atoms with Crippen LogP contribution in [0.5, 0.6) is 0 Å². The zero-order valence-electron chi connectivity index (χ0n) is 24.8. The summed E-state index contributed by atoms with van der Waals surface area (Å²) in [6.45, 7) is 4.36. The highest BCUT2D eigenvalue weighted by Gasteiger charge is 2.24. The van der Waals surface area contributed by atoms with Gasteiger partial charge in [-0.1, -0.05) is 12.0 Å². The number of hydrogen-bond donors (Lipinski definition) is 2. The van der Waals surface area contributed by atoms with Gasteiger partial charge in [-0.3, -0.25) is 14.4 Å². The molecule has 1 amide bonds. The molecular weight excluding hydrogens is 596 g/mol. The van der Waals surface area contributed by atoms with E-state index in [4.69, 9.17) is 15.9 Å². The van der Waals surface area contributed by atoms with Crippen LogP contribution in [0, 0.1) is 12.3 Å². The summed E-state index contributed by atoms with van der Waals surface area (Å²) >= 11 is 1.16. The molecule has 12 nitrogen and oxygen atoms in total. The molecule has 0 saturated heterocycles. The first-order chi connectivity index (χ1) is 21.8. The van der Waals surface area contributed by atoms with E-state index in [-0.39, 0.29) is 38.2 Å². The maximum absolute atomic E-state index is 13.0. The standard InChI is InChI=1S/C32H32N6O6S/c1-4-18-38(20-21-8-13-25-24(19-21)29(41)37-32(36-25)45-31-33-16-7-17-34-31)23-11-9-22(10-12-23)28(40)35-26(30(42)44-6-3)14-15-27(39)43-5-2/h1,7-13,16-17,19,26H,5-6,14-15,18,20H2,2-3H3,(H,35,40)(H,36,37,41)/t26-/m1/s1. The lowest BCUT2D eigenvalue weighted by Crippen LogP contribution is -2.42. The molecule has 0 aliphatic rings. The predicted octanol–water partition coefficient (Wildman–Crippen LogP) is 3.51. The second-order valence-electron chi connectivity index (χ2n) is 9.58. The lowest BCUT2D eigenvalue weighted by molar-refractivity contribution is -0.146. The molecule has 0 bridgehead atoms. The number of nitrogens with one attached hydrogen (secondary N) is 2. The number of amides is 1. The van der Waals surface area contributed by atoms with Crippen LogP contribution < -0.4 is 15.8 Å². The fourth-order valence-electron chi connectivity index (χ4n) is 4.36. The minimum Gasteiger partial charge on any atom is -0.466 e. The van der Waals surface area contributed by atoms with Crippen molar-refractivity contribution < 1.29 is 23.9 Å². The van der Waals surface area contributed by atoms with Crippen LogP contribution in [0.25, 0.3) is 10.9 Å². The maximum atomic E-state index is 13.0. The van der Waals surface area contributed by atoms with Crippen LogP contribution in [0.15, 0.2) is 76.0 Å². The maximum Gasteiger partial charge on any atom is 0.328 e. The molecule has 4 rings (SSSR count). The number of fused-ring (bicyclic) bond motifs is 1. The van der Waals surface area contributed by atoms with Gasteiger partial charge in [0, 0.05) is 36.6 Å². The van der Waals surface area contributed by atoms with Gasteiger partial charge in [0.2, 0.25) is 0 Å². The fraction of sp³-hybridized carbons (Fsp3) is 0.281. The zero-order chi connectivity index (χ0) is 32.2. The highest BCUT2D eigenvalue weighted by atomic mass is 32.2. The molecule has 2 aromatic carbocycles. The van der Waals surface area contributed by atoms with Gasteiger partial charge in [-0.2, -0.15) is 0 Å². The second kappa shape index (κ2) is 16.0. The van der Waals surface area contributed by atoms with Crippen molar-refractivity contribution in [2.45, 2.75) is 49.6 Å². The van der Waals surface area contributed by atoms with Crippen LogP contribution in [0.1, 0.15) is 42.6 Å². The third-order valence-electron chi connectivity index (χ3n) is 6.45. The van der Waals surface area contributed by atoms with Gasteiger partial charge < -0.3 is 24.7 Å². The number of hydrogen-bond acceptors (Lipinski definition) is 11. The van der Waals surface area contributed by atoms with E-state index in [1.54, 1.807) is 68.7 Å². The van der Waals surface area contributed by atoms with Crippen molar-refractivity contribution in [1.29, 1.82) is 0 Å². The first-order valence-corrected chi connectivity index (χ1v) is 15.0. The van der Waals surface area contributed by atoms with Crippen molar-refractivity contribution >= 4 is 46.2 Å². The van der Waals surface area contributed by atoms with Gasteiger partial charge in [-0.25, -0.2) is 19.7 Å². The molecule has 45 heavy (non-hydrogen) atoms. The van der Waals surface area contributed by atoms with Crippen molar-refractivity contribution in [2.24, 2.45) is 0 Å². The summed E-state index contributed by atoms with van der Waals surface area (Å²) in [4.78, 5) is 67.6. The number of ether oxygens (including phenoxy) is 2. The summed E-state index contributed by atoms with van der Waals surface area (Å²) in [5, 5.41) is 3.94. The topological polar surface area (TPSA) is 156 Å². The first kappa shape index (κ1) is 32.7. The smallest absolute Gasteiger partial charge is 0.328 e. The Balaban J connectivity index is 1.46. The Morgan fingerprint density at radius 1 is 1.07 bits per heavy atom. The number of rotatable bonds is 14. The highest BCUT2D eigenvalue weighted by Crippen LogP contribution is 2.23. The van der Waals surface area contributed by atoms with E-state index in [0.29, 0.717) is 33.3 Å². The molecule has 0 spiro atoms. The van der Waals surface area contributed by atoms with Gasteiger partial charge in [0.15, 0.2) is 10.3 Å². The zero-order valence-corrected chi connectivity index (χ0v) is 25.6. The van der Waals surface area contributed by atoms with Gasteiger partial charge in [0.1, 0.15) is 6.04 Å². The highest BCUT2D eigenvalue weighted by molar-refractivity contribution is 7.99. The molecule has 0 aliphatic carbocycles. The van der Waals surface area contributed by atoms with Crippen LogP contribution in [-0.2, 0) is 25.6 Å². The van der Waals surface area contributed by atoms with Crippen LogP contribution >= 0.6 is 11.8 Å². The van der Waals surface area contributed by atoms with Gasteiger partial charge in [-0.15, -0.1) is 6.42 Å². The van der Waals surface area contributed by atoms with E-state index in [9.17, 15) is 19.2 Å². The summed E-state index contributed by atoms with van der Waals surface area (Å²) < 4.78 is 9.99. The lowest BCUT2D eigenvalue weighted by Gasteiger charge is -2.23. The number of H-pyrrole nitrogens is 1. The van der Waals surface area contributed by atoms with Crippen LogP contribution in [-0.4, -0.2) is 63.6 Å². The number of carbonyl (C=O) groups is 3. The van der Waals surface area contributed by atoms with Crippen molar-refractivity contribution in [3.05, 3.63) is 82.4 Å². The number of aromatic amines is 1. The lowest BCUT2D eigenvalue weighted by atomic mass is 10.1. The van der Waals surface area contributed by atoms with Gasteiger partial charge >= 0.3 is 11.9 Å². The molecule has 4 aromatic rings. The SMILES string of the molecule is C#CCN(Cc1ccc2nc(Sc3ncccn3)[nH]c(=O)c2c1)c1ccc(C(=O)N[C@H](CCC(=O)OCC)C(=O)OCC)cc1. The summed E-state index contributed by atoms with van der Waals surface area (Å²) in [5.74, 6) is 1.06. The van der Waals surface area contributed by atoms with E-state index < -0.39 is 23.9 Å². The second-order valence-corrected chi connectivity index (χ2v) is 10.5. The Bertz CT molecular complexity index is 1740. The van der Waals surface area contributed by atoms with E-state index in [0.717, 1.165) is 23.0 Å². The Hall–Kier alpha value is -5.22. The quantitative estimate of drug-likeness (QED) is 0.120. The summed E-state index contributed by atoms with van der Waals surface area (Å²) in [6.07, 6.45) is 8.89. The number of carbonyl (C=O) groups excluding carboxylic acids is 3. The summed E-state index contributed by atoms with van der Waals surface area (Å²) in [7, 11) is 0. The Morgan fingerprint density at radius 2 is 1.80 bits per heavy atom. The van der Waals surface area contributed by atoms with Gasteiger partial charge in [0.05, 0.1) is 30.7 Å². The average Bonchev–Trinajstić information content (AvgIpc) is 3.04. The molecule has 13 heteroatoms. The molecule has 2 N–H and O–H groups in total. The molecule has 0 fully saturated rings. The molecule has 232 valence electrons. The van der Waals surface area contributed by atoms with E-state index in [2.05, 4.69) is 31.2 Å². The van der Waals surface area contributed by atoms with Crippen LogP contribution in [0.3, 0.4) is 0 Å². The molecule has 0 saturated carbocycles. The number of anilines is 1. The van der Waals surface area contributed by atoms with E-state index in [1.807, 2.05) is 11.0 Å². The summed E-state index contributed by atoms with van der Waals surface area (Å²) in [6, 6.07) is 12.8. The third kappa shape index (κ3) is 9.14. The minimum atomic E-state index is -1.01. The number of esters is 2. The first-order valence-electron chi connectivity index (χ1n) is 14.2. The summed E-state index contributed by atoms with van der Waals surface area (Å²) in [5.41, 5.74) is 2.13. The monoisotopic (exact) mass is 628 g/mol. The molecule has 2 heterocycles. The van der Waals surface area contributed by atoms with Crippen LogP contribution in [0.2, 0.25) is 0 Å². The third-order valence-corrected chi connectivity index (χ3v) is 7.23. The fourth-order valence-corrected chi connectivity index (χ4v) is 5.04. The number of terminal acetylenes is 1. The Kier molecular flexibility index (Phi) is 11.6. The number of nitrogens with zero attached hydrogens (tertiary/aromatic N) is 4. The number of aromatic nitrogens is 4. The van der Waals surface area contributed by atoms with Gasteiger partial charge in [0.25, 0.3) is 11.5 Å². The molecule has 0 radical (unpaired) electrons. The molecular formula is C32H32N6O6S. The molecule has 0 unspecified atom stereocenters. The largest absolute Gasteiger partial charge is 0.466 e. The van der Waals surface area contributed by atoms with E-state index in [1.165, 1.54) is 0 Å². The van der Waals surface area contributed by atoms with E-state index >= 15 is 0 Å². The van der Waals surface area contributed by atoms with Crippen molar-refractivity contribution in [1.82, 2.24) is 25.3 Å². The van der Waals surface area contributed by atoms with Crippen molar-refractivity contribution in [2.75, 3.05) is 24.7 Å². The Morgan fingerprint density at radius 3 is 2.49 bits per heavy atom. The average molecular weight is 629 g/mol. The van der Waals surface area contributed by atoms with Gasteiger partial charge in [-0.05, 0) is 80.1 Å². The molecule has 0 aliphatic heterocycles. The Labute approximate surface area is 264 Å². The molecule has 1 atom stereocenters. The van der Waals surface area contributed by atoms with Crippen LogP contribution in [0.4, 0.5) is 5.69 Å². The molecule has 2 aromatic heterocycles. The minimum absolute atomic E-state index is 0.0446.